The van der Waals surface area contributed by atoms with Gasteiger partial charge in [0.2, 0.25) is 5.91 Å². The van der Waals surface area contributed by atoms with E-state index in [1.165, 1.54) is 6.92 Å². The van der Waals surface area contributed by atoms with E-state index in [-0.39, 0.29) is 32.2 Å². The predicted octanol–water partition coefficient (Wildman–Crippen LogP) is 0.897. The van der Waals surface area contributed by atoms with E-state index in [9.17, 15) is 14.4 Å². The van der Waals surface area contributed by atoms with Gasteiger partial charge in [-0.25, -0.2) is 25.6 Å². The highest BCUT2D eigenvalue weighted by molar-refractivity contribution is 5.72. The van der Waals surface area contributed by atoms with Gasteiger partial charge in [-0.1, -0.05) is 26.7 Å². The zero-order chi connectivity index (χ0) is 19.6. The Morgan fingerprint density at radius 2 is 1.19 bits per heavy atom. The van der Waals surface area contributed by atoms with E-state index in [0.29, 0.717) is 13.1 Å². The molecule has 10 heteroatoms. The molecule has 0 aromatic rings. The van der Waals surface area contributed by atoms with Crippen LogP contribution in [0.1, 0.15) is 46.5 Å². The van der Waals surface area contributed by atoms with Gasteiger partial charge in [-0.05, 0) is 12.8 Å². The van der Waals surface area contributed by atoms with Crippen molar-refractivity contribution in [2.75, 3.05) is 39.4 Å². The SMILES string of the molecule is CCCCNC(=O)OCCNN(NCCOC(=O)NCCCC)C(C)=O. The molecule has 0 fully saturated rings. The van der Waals surface area contributed by atoms with Crippen LogP contribution in [0.15, 0.2) is 0 Å². The number of carbonyl (C=O) groups excluding carboxylic acids is 3. The first kappa shape index (κ1) is 23.9. The Bertz CT molecular complexity index is 378. The summed E-state index contributed by atoms with van der Waals surface area (Å²) in [5.41, 5.74) is 5.57. The first-order valence-corrected chi connectivity index (χ1v) is 9.10. The minimum atomic E-state index is -0.481. The summed E-state index contributed by atoms with van der Waals surface area (Å²) >= 11 is 0. The standard InChI is InChI=1S/C16H33N5O5/c1-4-6-8-17-15(23)25-12-10-19-21(14(3)22)20-11-13-26-16(24)18-9-7-5-2/h19-20H,4-13H2,1-3H3,(H,17,23)(H,18,24). The van der Waals surface area contributed by atoms with Gasteiger partial charge < -0.3 is 20.1 Å². The number of ether oxygens (including phenoxy) is 2. The van der Waals surface area contributed by atoms with Crippen LogP contribution in [0, 0.1) is 0 Å². The molecule has 0 rings (SSSR count). The lowest BCUT2D eigenvalue weighted by Gasteiger charge is -2.22. The normalized spacial score (nSPS) is 10.1. The van der Waals surface area contributed by atoms with E-state index in [1.807, 2.05) is 13.8 Å². The summed E-state index contributed by atoms with van der Waals surface area (Å²) in [4.78, 5) is 34.2. The molecular weight excluding hydrogens is 342 g/mol. The van der Waals surface area contributed by atoms with Crippen molar-refractivity contribution in [1.29, 1.82) is 0 Å². The molecule has 26 heavy (non-hydrogen) atoms. The molecular formula is C16H33N5O5. The molecule has 0 atom stereocenters. The van der Waals surface area contributed by atoms with Crippen LogP contribution in [0.25, 0.3) is 0 Å². The Hall–Kier alpha value is -2.07. The van der Waals surface area contributed by atoms with Crippen LogP contribution >= 0.6 is 0 Å². The van der Waals surface area contributed by atoms with Gasteiger partial charge in [0.25, 0.3) is 0 Å². The molecule has 0 aliphatic carbocycles. The lowest BCUT2D eigenvalue weighted by Crippen LogP contribution is -2.53. The van der Waals surface area contributed by atoms with Gasteiger partial charge in [0.05, 0.1) is 13.1 Å². The smallest absolute Gasteiger partial charge is 0.407 e. The maximum atomic E-state index is 11.5. The Balaban J connectivity index is 3.78. The van der Waals surface area contributed by atoms with Crippen molar-refractivity contribution in [3.8, 4) is 0 Å². The molecule has 10 nitrogen and oxygen atoms in total. The lowest BCUT2D eigenvalue weighted by atomic mass is 10.3. The second kappa shape index (κ2) is 16.4. The van der Waals surface area contributed by atoms with Gasteiger partial charge in [0.1, 0.15) is 13.2 Å². The van der Waals surface area contributed by atoms with Gasteiger partial charge in [-0.3, -0.25) is 4.79 Å². The number of rotatable bonds is 14. The molecule has 0 heterocycles. The summed E-state index contributed by atoms with van der Waals surface area (Å²) in [5, 5.41) is 6.41. The summed E-state index contributed by atoms with van der Waals surface area (Å²) in [6.45, 7) is 7.33. The summed E-state index contributed by atoms with van der Waals surface area (Å²) in [6.07, 6.45) is 2.81. The first-order chi connectivity index (χ1) is 12.5. The topological polar surface area (TPSA) is 121 Å². The highest BCUT2D eigenvalue weighted by Crippen LogP contribution is 1.86. The van der Waals surface area contributed by atoms with Crippen LogP contribution in [0.4, 0.5) is 9.59 Å². The van der Waals surface area contributed by atoms with Gasteiger partial charge >= 0.3 is 12.2 Å². The number of alkyl carbamates (subject to hydrolysis) is 2. The van der Waals surface area contributed by atoms with Gasteiger partial charge in [0.15, 0.2) is 0 Å². The molecule has 4 N–H and O–H groups in total. The summed E-state index contributed by atoms with van der Waals surface area (Å²) in [5.74, 6) is -0.273. The summed E-state index contributed by atoms with van der Waals surface area (Å²) in [6, 6.07) is 0. The molecule has 0 aromatic heterocycles. The summed E-state index contributed by atoms with van der Waals surface area (Å²) < 4.78 is 9.93. The Labute approximate surface area is 155 Å². The molecule has 0 saturated carbocycles. The molecule has 0 saturated heterocycles. The highest BCUT2D eigenvalue weighted by atomic mass is 16.6. The Morgan fingerprint density at radius 1 is 0.769 bits per heavy atom. The zero-order valence-corrected chi connectivity index (χ0v) is 16.1. The highest BCUT2D eigenvalue weighted by Gasteiger charge is 2.08. The molecule has 0 unspecified atom stereocenters. The number of nitrogens with zero attached hydrogens (tertiary/aromatic N) is 1. The predicted molar refractivity (Wildman–Crippen MR) is 97.0 cm³/mol. The second-order valence-electron chi connectivity index (χ2n) is 5.50. The van der Waals surface area contributed by atoms with E-state index in [0.717, 1.165) is 30.8 Å². The number of carbonyl (C=O) groups is 3. The summed E-state index contributed by atoms with van der Waals surface area (Å²) in [7, 11) is 0. The minimum Gasteiger partial charge on any atom is -0.448 e. The quantitative estimate of drug-likeness (QED) is 0.263. The monoisotopic (exact) mass is 375 g/mol. The van der Waals surface area contributed by atoms with Gasteiger partial charge in [-0.15, -0.1) is 0 Å². The van der Waals surface area contributed by atoms with E-state index in [2.05, 4.69) is 21.5 Å². The number of hydrogen-bond donors (Lipinski definition) is 4. The van der Waals surface area contributed by atoms with Crippen LogP contribution in [0.5, 0.6) is 0 Å². The third kappa shape index (κ3) is 14.3. The third-order valence-corrected chi connectivity index (χ3v) is 3.12. The molecule has 0 spiro atoms. The van der Waals surface area contributed by atoms with Crippen molar-refractivity contribution >= 4 is 18.1 Å². The molecule has 0 bridgehead atoms. The van der Waals surface area contributed by atoms with Gasteiger partial charge in [-0.2, -0.15) is 0 Å². The van der Waals surface area contributed by atoms with Crippen molar-refractivity contribution in [2.24, 2.45) is 0 Å². The van der Waals surface area contributed by atoms with Crippen molar-refractivity contribution in [3.63, 3.8) is 0 Å². The second-order valence-corrected chi connectivity index (χ2v) is 5.50. The average Bonchev–Trinajstić information content (AvgIpc) is 2.60. The van der Waals surface area contributed by atoms with Crippen molar-refractivity contribution in [1.82, 2.24) is 26.6 Å². The fourth-order valence-corrected chi connectivity index (χ4v) is 1.72. The van der Waals surface area contributed by atoms with Crippen molar-refractivity contribution < 1.29 is 23.9 Å². The first-order valence-electron chi connectivity index (χ1n) is 9.10. The van der Waals surface area contributed by atoms with Crippen LogP contribution < -0.4 is 21.5 Å². The van der Waals surface area contributed by atoms with Crippen molar-refractivity contribution in [3.05, 3.63) is 0 Å². The van der Waals surface area contributed by atoms with Crippen LogP contribution in [-0.2, 0) is 14.3 Å². The van der Waals surface area contributed by atoms with Crippen molar-refractivity contribution in [2.45, 2.75) is 46.5 Å². The number of hydrazine groups is 2. The van der Waals surface area contributed by atoms with Crippen LogP contribution in [0.3, 0.4) is 0 Å². The molecule has 0 aliphatic heterocycles. The average molecular weight is 375 g/mol. The van der Waals surface area contributed by atoms with E-state index < -0.39 is 12.2 Å². The Morgan fingerprint density at radius 3 is 1.54 bits per heavy atom. The lowest BCUT2D eigenvalue weighted by molar-refractivity contribution is -0.136. The largest absolute Gasteiger partial charge is 0.448 e. The molecule has 0 aromatic carbocycles. The number of unbranched alkanes of at least 4 members (excludes halogenated alkanes) is 2. The molecule has 0 radical (unpaired) electrons. The fourth-order valence-electron chi connectivity index (χ4n) is 1.72. The van der Waals surface area contributed by atoms with Crippen LogP contribution in [0.2, 0.25) is 0 Å². The van der Waals surface area contributed by atoms with Gasteiger partial charge in [0, 0.05) is 20.0 Å². The number of amides is 3. The van der Waals surface area contributed by atoms with Crippen LogP contribution in [-0.4, -0.2) is 62.6 Å². The maximum absolute atomic E-state index is 11.5. The molecule has 3 amide bonds. The van der Waals surface area contributed by atoms with E-state index in [1.54, 1.807) is 0 Å². The Kier molecular flexibility index (Phi) is 15.1. The maximum Gasteiger partial charge on any atom is 0.407 e. The van der Waals surface area contributed by atoms with E-state index in [4.69, 9.17) is 9.47 Å². The zero-order valence-electron chi connectivity index (χ0n) is 16.1. The fraction of sp³-hybridized carbons (Fsp3) is 0.812. The molecule has 152 valence electrons. The third-order valence-electron chi connectivity index (χ3n) is 3.12. The molecule has 0 aliphatic rings. The minimum absolute atomic E-state index is 0.111. The number of nitrogens with one attached hydrogen (secondary N) is 4. The number of hydrogen-bond acceptors (Lipinski definition) is 7. The van der Waals surface area contributed by atoms with E-state index >= 15 is 0 Å².